The van der Waals surface area contributed by atoms with Crippen molar-refractivity contribution >= 4 is 28.9 Å². The first kappa shape index (κ1) is 7.38. The van der Waals surface area contributed by atoms with Crippen LogP contribution in [0.15, 0.2) is 24.3 Å². The minimum Gasteiger partial charge on any atom is -0.145 e. The molecular weight excluding hydrogens is 171 g/mol. The summed E-state index contributed by atoms with van der Waals surface area (Å²) in [6.45, 7) is -0.0220. The third-order valence-corrected chi connectivity index (χ3v) is 4.40. The van der Waals surface area contributed by atoms with Crippen LogP contribution in [0.25, 0.3) is 0 Å². The molecule has 0 nitrogen and oxygen atoms in total. The number of halogens is 2. The second-order valence-corrected chi connectivity index (χ2v) is 10.1. The van der Waals surface area contributed by atoms with Crippen molar-refractivity contribution in [3.8, 4) is 0 Å². The van der Waals surface area contributed by atoms with Crippen LogP contribution in [0.2, 0.25) is 12.1 Å². The Labute approximate surface area is 65.6 Å². The fourth-order valence-corrected chi connectivity index (χ4v) is 2.54. The van der Waals surface area contributed by atoms with Crippen LogP contribution in [0.5, 0.6) is 0 Å². The molecule has 0 aliphatic heterocycles. The van der Waals surface area contributed by atoms with Gasteiger partial charge in [-0.1, -0.05) is 24.3 Å². The van der Waals surface area contributed by atoms with Crippen molar-refractivity contribution in [3.63, 3.8) is 0 Å². The zero-order valence-corrected chi connectivity index (χ0v) is 7.65. The molecule has 0 heterocycles. The largest absolute Gasteiger partial charge is 0.258 e. The van der Waals surface area contributed by atoms with Gasteiger partial charge in [0.1, 0.15) is 0 Å². The Balaban J connectivity index is 2.64. The van der Waals surface area contributed by atoms with Gasteiger partial charge >= 0.3 is 0 Å². The Morgan fingerprint density at radius 1 is 1.22 bits per heavy atom. The molecule has 0 bridgehead atoms. The van der Waals surface area contributed by atoms with Crippen molar-refractivity contribution in [3.05, 3.63) is 24.3 Å². The standard InChI is InChI=1S/C6H8Cl2Si/c1-9(7,8)6-4-2-3-5-6/h2-6H,1H3. The monoisotopic (exact) mass is 178 g/mol. The third kappa shape index (κ3) is 1.85. The van der Waals surface area contributed by atoms with Gasteiger partial charge < -0.3 is 0 Å². The van der Waals surface area contributed by atoms with E-state index in [9.17, 15) is 0 Å². The molecule has 0 spiro atoms. The number of rotatable bonds is 1. The van der Waals surface area contributed by atoms with Crippen LogP contribution in [-0.2, 0) is 0 Å². The highest BCUT2D eigenvalue weighted by Crippen LogP contribution is 2.34. The molecule has 0 N–H and O–H groups in total. The molecule has 0 aromatic carbocycles. The van der Waals surface area contributed by atoms with E-state index in [0.29, 0.717) is 5.54 Å². The van der Waals surface area contributed by atoms with E-state index in [1.807, 2.05) is 30.9 Å². The first-order chi connectivity index (χ1) is 4.11. The Hall–Kier alpha value is 0.277. The third-order valence-electron chi connectivity index (χ3n) is 1.33. The number of allylic oxidation sites excluding steroid dienone is 4. The maximum absolute atomic E-state index is 5.94. The highest BCUT2D eigenvalue weighted by atomic mass is 35.7. The fraction of sp³-hybridized carbons (Fsp3) is 0.333. The van der Waals surface area contributed by atoms with E-state index < -0.39 is 6.69 Å². The number of hydrogen-bond acceptors (Lipinski definition) is 0. The average molecular weight is 179 g/mol. The van der Waals surface area contributed by atoms with Crippen molar-refractivity contribution in [2.75, 3.05) is 0 Å². The van der Waals surface area contributed by atoms with Crippen LogP contribution >= 0.6 is 22.2 Å². The van der Waals surface area contributed by atoms with Crippen LogP contribution in [-0.4, -0.2) is 6.69 Å². The van der Waals surface area contributed by atoms with Gasteiger partial charge in [-0.15, -0.1) is 22.2 Å². The summed E-state index contributed by atoms with van der Waals surface area (Å²) < 4.78 is 0. The molecule has 0 radical (unpaired) electrons. The van der Waals surface area contributed by atoms with E-state index in [1.54, 1.807) is 0 Å². The fourth-order valence-electron chi connectivity index (χ4n) is 0.770. The van der Waals surface area contributed by atoms with Crippen molar-refractivity contribution in [2.24, 2.45) is 0 Å². The maximum atomic E-state index is 5.94. The zero-order chi connectivity index (χ0) is 6.91. The van der Waals surface area contributed by atoms with E-state index in [-0.39, 0.29) is 0 Å². The summed E-state index contributed by atoms with van der Waals surface area (Å²) in [6, 6.07) is 0. The molecule has 0 atom stereocenters. The molecule has 3 heteroatoms. The molecule has 9 heavy (non-hydrogen) atoms. The van der Waals surface area contributed by atoms with E-state index in [4.69, 9.17) is 22.2 Å². The normalized spacial score (nSPS) is 19.4. The Bertz CT molecular complexity index is 143. The molecule has 0 fully saturated rings. The van der Waals surface area contributed by atoms with E-state index in [1.165, 1.54) is 0 Å². The predicted molar refractivity (Wildman–Crippen MR) is 45.4 cm³/mol. The van der Waals surface area contributed by atoms with Gasteiger partial charge in [-0.05, 0) is 6.55 Å². The lowest BCUT2D eigenvalue weighted by Gasteiger charge is -2.13. The van der Waals surface area contributed by atoms with E-state index in [0.717, 1.165) is 0 Å². The molecule has 1 aliphatic rings. The van der Waals surface area contributed by atoms with Gasteiger partial charge in [-0.25, -0.2) is 0 Å². The topological polar surface area (TPSA) is 0 Å². The van der Waals surface area contributed by atoms with E-state index in [2.05, 4.69) is 0 Å². The molecule has 1 rings (SSSR count). The summed E-state index contributed by atoms with van der Waals surface area (Å²) in [5, 5.41) is 0. The zero-order valence-electron chi connectivity index (χ0n) is 5.14. The molecule has 1 aliphatic carbocycles. The average Bonchev–Trinajstić information content (AvgIpc) is 2.08. The molecule has 0 aromatic heterocycles. The summed E-state index contributed by atoms with van der Waals surface area (Å²) in [6.07, 6.45) is 8.07. The van der Waals surface area contributed by atoms with Gasteiger partial charge in [0.25, 0.3) is 6.69 Å². The SMILES string of the molecule is C[Si](Cl)(Cl)C1C=CC=C1. The smallest absolute Gasteiger partial charge is 0.145 e. The van der Waals surface area contributed by atoms with E-state index >= 15 is 0 Å². The maximum Gasteiger partial charge on any atom is 0.258 e. The predicted octanol–water partition coefficient (Wildman–Crippen LogP) is 3.03. The van der Waals surface area contributed by atoms with Gasteiger partial charge in [0, 0.05) is 5.54 Å². The molecule has 0 unspecified atom stereocenters. The minimum atomic E-state index is -1.95. The lowest BCUT2D eigenvalue weighted by Crippen LogP contribution is -2.17. The van der Waals surface area contributed by atoms with Crippen molar-refractivity contribution in [2.45, 2.75) is 12.1 Å². The van der Waals surface area contributed by atoms with Crippen LogP contribution in [0.3, 0.4) is 0 Å². The first-order valence-electron chi connectivity index (χ1n) is 2.83. The van der Waals surface area contributed by atoms with Crippen molar-refractivity contribution < 1.29 is 0 Å². The Morgan fingerprint density at radius 3 is 1.89 bits per heavy atom. The molecule has 0 saturated carbocycles. The number of hydrogen-bond donors (Lipinski definition) is 0. The lowest BCUT2D eigenvalue weighted by molar-refractivity contribution is 1.37. The van der Waals surface area contributed by atoms with Gasteiger partial charge in [-0.2, -0.15) is 0 Å². The summed E-state index contributed by atoms with van der Waals surface area (Å²) in [4.78, 5) is 0. The Morgan fingerprint density at radius 2 is 1.67 bits per heavy atom. The lowest BCUT2D eigenvalue weighted by atomic mass is 10.5. The minimum absolute atomic E-state index is 0.320. The van der Waals surface area contributed by atoms with Crippen LogP contribution in [0.4, 0.5) is 0 Å². The second kappa shape index (κ2) is 2.49. The molecule has 0 saturated heterocycles. The van der Waals surface area contributed by atoms with Crippen LogP contribution in [0, 0.1) is 0 Å². The quantitative estimate of drug-likeness (QED) is 0.428. The molecule has 0 aromatic rings. The highest BCUT2D eigenvalue weighted by Gasteiger charge is 2.30. The van der Waals surface area contributed by atoms with Gasteiger partial charge in [-0.3, -0.25) is 0 Å². The molecular formula is C6H8Cl2Si. The Kier molecular flexibility index (Phi) is 2.04. The van der Waals surface area contributed by atoms with Crippen LogP contribution in [0.1, 0.15) is 0 Å². The summed E-state index contributed by atoms with van der Waals surface area (Å²) in [5.41, 5.74) is 0.320. The second-order valence-electron chi connectivity index (χ2n) is 2.25. The van der Waals surface area contributed by atoms with Gasteiger partial charge in [0.05, 0.1) is 0 Å². The summed E-state index contributed by atoms with van der Waals surface area (Å²) >= 11 is 11.9. The highest BCUT2D eigenvalue weighted by molar-refractivity contribution is 7.45. The van der Waals surface area contributed by atoms with Gasteiger partial charge in [0.15, 0.2) is 0 Å². The first-order valence-corrected chi connectivity index (χ1v) is 7.43. The molecule has 0 amide bonds. The summed E-state index contributed by atoms with van der Waals surface area (Å²) in [7, 11) is 0. The van der Waals surface area contributed by atoms with Crippen molar-refractivity contribution in [1.82, 2.24) is 0 Å². The van der Waals surface area contributed by atoms with Gasteiger partial charge in [0.2, 0.25) is 0 Å². The van der Waals surface area contributed by atoms with Crippen molar-refractivity contribution in [1.29, 1.82) is 0 Å². The van der Waals surface area contributed by atoms with Crippen LogP contribution < -0.4 is 0 Å². The molecule has 50 valence electrons. The summed E-state index contributed by atoms with van der Waals surface area (Å²) in [5.74, 6) is 0.